The number of rotatable bonds is 6. The molecule has 100 valence electrons. The van der Waals surface area contributed by atoms with Crippen LogP contribution in [-0.2, 0) is 0 Å². The monoisotopic (exact) mass is 258 g/mol. The highest BCUT2D eigenvalue weighted by Gasteiger charge is 2.11. The van der Waals surface area contributed by atoms with E-state index in [9.17, 15) is 15.0 Å². The molecule has 1 aromatic rings. The van der Waals surface area contributed by atoms with E-state index in [1.165, 1.54) is 12.1 Å². The minimum atomic E-state index is -0.437. The Morgan fingerprint density at radius 1 is 1.26 bits per heavy atom. The van der Waals surface area contributed by atoms with Crippen LogP contribution in [0.2, 0.25) is 0 Å². The summed E-state index contributed by atoms with van der Waals surface area (Å²) in [5, 5.41) is 18.8. The van der Waals surface area contributed by atoms with Crippen LogP contribution in [0.3, 0.4) is 0 Å². The van der Waals surface area contributed by atoms with Crippen LogP contribution in [0.15, 0.2) is 66.0 Å². The van der Waals surface area contributed by atoms with Gasteiger partial charge in [-0.1, -0.05) is 43.5 Å². The van der Waals surface area contributed by atoms with E-state index >= 15 is 0 Å². The van der Waals surface area contributed by atoms with E-state index in [1.54, 1.807) is 24.3 Å². The van der Waals surface area contributed by atoms with Gasteiger partial charge in [0.1, 0.15) is 0 Å². The van der Waals surface area contributed by atoms with E-state index in [2.05, 4.69) is 13.2 Å². The number of hydrogen-bond acceptors (Lipinski definition) is 3. The van der Waals surface area contributed by atoms with Crippen molar-refractivity contribution in [3.8, 4) is 5.75 Å². The maximum atomic E-state index is 11.3. The van der Waals surface area contributed by atoms with Crippen LogP contribution in [0.1, 0.15) is 17.9 Å². The second kappa shape index (κ2) is 7.34. The van der Waals surface area contributed by atoms with Crippen molar-refractivity contribution in [3.63, 3.8) is 0 Å². The van der Waals surface area contributed by atoms with Gasteiger partial charge in [0.05, 0.1) is 6.61 Å². The SMILES string of the molecule is C=C/C=C(\C=C)CC(CO)c1ccc(O)c(=O)cc1. The highest BCUT2D eigenvalue weighted by molar-refractivity contribution is 5.29. The lowest BCUT2D eigenvalue weighted by Gasteiger charge is -2.14. The molecule has 0 aliphatic rings. The average molecular weight is 258 g/mol. The van der Waals surface area contributed by atoms with Crippen LogP contribution < -0.4 is 5.43 Å². The van der Waals surface area contributed by atoms with E-state index in [1.807, 2.05) is 6.08 Å². The van der Waals surface area contributed by atoms with Crippen LogP contribution in [0.4, 0.5) is 0 Å². The highest BCUT2D eigenvalue weighted by Crippen LogP contribution is 2.23. The smallest absolute Gasteiger partial charge is 0.220 e. The lowest BCUT2D eigenvalue weighted by molar-refractivity contribution is 0.265. The maximum absolute atomic E-state index is 11.3. The van der Waals surface area contributed by atoms with Gasteiger partial charge in [0, 0.05) is 5.92 Å². The molecule has 3 nitrogen and oxygen atoms in total. The van der Waals surface area contributed by atoms with E-state index in [4.69, 9.17) is 0 Å². The fourth-order valence-corrected chi connectivity index (χ4v) is 1.79. The molecule has 0 spiro atoms. The first-order valence-electron chi connectivity index (χ1n) is 6.00. The van der Waals surface area contributed by atoms with Crippen LogP contribution in [0, 0.1) is 0 Å². The molecule has 1 rings (SSSR count). The molecule has 1 unspecified atom stereocenters. The second-order valence-corrected chi connectivity index (χ2v) is 4.18. The predicted molar refractivity (Wildman–Crippen MR) is 77.3 cm³/mol. The molecule has 1 atom stereocenters. The molecular formula is C16H18O3. The number of aromatic hydroxyl groups is 1. The number of aliphatic hydroxyl groups is 1. The molecule has 0 fully saturated rings. The summed E-state index contributed by atoms with van der Waals surface area (Å²) in [6.07, 6.45) is 5.79. The molecule has 0 saturated heterocycles. The lowest BCUT2D eigenvalue weighted by Crippen LogP contribution is -2.04. The first-order chi connectivity index (χ1) is 9.12. The third-order valence-electron chi connectivity index (χ3n) is 2.88. The summed E-state index contributed by atoms with van der Waals surface area (Å²) >= 11 is 0. The van der Waals surface area contributed by atoms with E-state index in [0.717, 1.165) is 11.1 Å². The zero-order valence-corrected chi connectivity index (χ0v) is 10.7. The summed E-state index contributed by atoms with van der Waals surface area (Å²) in [6.45, 7) is 7.29. The minimum Gasteiger partial charge on any atom is -0.504 e. The summed E-state index contributed by atoms with van der Waals surface area (Å²) in [7, 11) is 0. The fraction of sp³-hybridized carbons (Fsp3) is 0.188. The van der Waals surface area contributed by atoms with Crippen LogP contribution in [0.5, 0.6) is 5.75 Å². The largest absolute Gasteiger partial charge is 0.504 e. The van der Waals surface area contributed by atoms with Crippen LogP contribution in [0.25, 0.3) is 0 Å². The topological polar surface area (TPSA) is 57.5 Å². The van der Waals surface area contributed by atoms with Gasteiger partial charge in [-0.15, -0.1) is 0 Å². The molecule has 0 saturated carbocycles. The molecule has 2 N–H and O–H groups in total. The first-order valence-corrected chi connectivity index (χ1v) is 6.00. The average Bonchev–Trinajstić information content (AvgIpc) is 2.58. The van der Waals surface area contributed by atoms with Gasteiger partial charge >= 0.3 is 0 Å². The third kappa shape index (κ3) is 4.23. The van der Waals surface area contributed by atoms with E-state index in [0.29, 0.717) is 6.42 Å². The number of hydrogen-bond donors (Lipinski definition) is 2. The molecule has 0 heterocycles. The number of allylic oxidation sites excluding steroid dienone is 4. The molecule has 19 heavy (non-hydrogen) atoms. The minimum absolute atomic E-state index is 0.0543. The van der Waals surface area contributed by atoms with Crippen molar-refractivity contribution in [3.05, 3.63) is 77.0 Å². The standard InChI is InChI=1S/C16H18O3/c1-3-5-12(4-2)10-14(11-17)13-6-8-15(18)16(19)9-7-13/h3-9,14,17H,1-2,10-11H2,(H,18,19)/b12-5+. The van der Waals surface area contributed by atoms with Crippen molar-refractivity contribution < 1.29 is 10.2 Å². The van der Waals surface area contributed by atoms with Gasteiger partial charge in [-0.25, -0.2) is 0 Å². The molecule has 0 aliphatic carbocycles. The van der Waals surface area contributed by atoms with Crippen molar-refractivity contribution in [1.82, 2.24) is 0 Å². The molecule has 0 bridgehead atoms. The quantitative estimate of drug-likeness (QED) is 0.771. The van der Waals surface area contributed by atoms with Crippen molar-refractivity contribution in [2.75, 3.05) is 6.61 Å². The van der Waals surface area contributed by atoms with Crippen molar-refractivity contribution >= 4 is 0 Å². The maximum Gasteiger partial charge on any atom is 0.220 e. The Kier molecular flexibility index (Phi) is 5.76. The van der Waals surface area contributed by atoms with E-state index < -0.39 is 5.43 Å². The van der Waals surface area contributed by atoms with Crippen molar-refractivity contribution in [2.45, 2.75) is 12.3 Å². The Balaban J connectivity index is 3.07. The molecular weight excluding hydrogens is 240 g/mol. The normalized spacial score (nSPS) is 12.8. The second-order valence-electron chi connectivity index (χ2n) is 4.18. The van der Waals surface area contributed by atoms with Gasteiger partial charge in [-0.3, -0.25) is 4.79 Å². The van der Waals surface area contributed by atoms with Gasteiger partial charge in [0.2, 0.25) is 5.43 Å². The Hall–Kier alpha value is -2.13. The molecule has 0 radical (unpaired) electrons. The predicted octanol–water partition coefficient (Wildman–Crippen LogP) is 2.52. The zero-order valence-electron chi connectivity index (χ0n) is 10.7. The molecule has 0 aliphatic heterocycles. The summed E-state index contributed by atoms with van der Waals surface area (Å²) in [5.41, 5.74) is 1.30. The first kappa shape index (κ1) is 14.9. The Labute approximate surface area is 112 Å². The number of aliphatic hydroxyl groups excluding tert-OH is 1. The van der Waals surface area contributed by atoms with Crippen molar-refractivity contribution in [1.29, 1.82) is 0 Å². The Morgan fingerprint density at radius 3 is 2.53 bits per heavy atom. The van der Waals surface area contributed by atoms with Crippen LogP contribution >= 0.6 is 0 Å². The Morgan fingerprint density at radius 2 is 1.95 bits per heavy atom. The van der Waals surface area contributed by atoms with Crippen LogP contribution in [-0.4, -0.2) is 16.8 Å². The summed E-state index contributed by atoms with van der Waals surface area (Å²) in [6, 6.07) is 5.92. The summed E-state index contributed by atoms with van der Waals surface area (Å²) in [4.78, 5) is 11.3. The molecule has 0 amide bonds. The zero-order chi connectivity index (χ0) is 14.3. The Bertz CT molecular complexity index is 544. The van der Waals surface area contributed by atoms with E-state index in [-0.39, 0.29) is 18.3 Å². The molecule has 0 aromatic heterocycles. The molecule has 3 heteroatoms. The summed E-state index contributed by atoms with van der Waals surface area (Å²) in [5.74, 6) is -0.455. The molecule has 1 aromatic carbocycles. The van der Waals surface area contributed by atoms with Gasteiger partial charge in [-0.2, -0.15) is 0 Å². The summed E-state index contributed by atoms with van der Waals surface area (Å²) < 4.78 is 0. The highest BCUT2D eigenvalue weighted by atomic mass is 16.3. The van der Waals surface area contributed by atoms with Gasteiger partial charge in [0.15, 0.2) is 5.75 Å². The van der Waals surface area contributed by atoms with Gasteiger partial charge in [-0.05, 0) is 29.7 Å². The third-order valence-corrected chi connectivity index (χ3v) is 2.88. The lowest BCUT2D eigenvalue weighted by atomic mass is 9.93. The van der Waals surface area contributed by atoms with Gasteiger partial charge < -0.3 is 10.2 Å². The van der Waals surface area contributed by atoms with Crippen molar-refractivity contribution in [2.24, 2.45) is 0 Å². The fourth-order valence-electron chi connectivity index (χ4n) is 1.79. The van der Waals surface area contributed by atoms with Gasteiger partial charge in [0.25, 0.3) is 0 Å².